The smallest absolute Gasteiger partial charge is 0.303 e. The summed E-state index contributed by atoms with van der Waals surface area (Å²) in [5.74, 6) is 0.0284. The van der Waals surface area contributed by atoms with Crippen LogP contribution in [-0.2, 0) is 9.59 Å². The number of ether oxygens (including phenoxy) is 1. The van der Waals surface area contributed by atoms with Crippen molar-refractivity contribution in [2.45, 2.75) is 84.5 Å². The van der Waals surface area contributed by atoms with E-state index in [2.05, 4.69) is 18.8 Å². The van der Waals surface area contributed by atoms with E-state index in [0.717, 1.165) is 62.5 Å². The number of amides is 1. The largest absolute Gasteiger partial charge is 0.481 e. The molecule has 0 radical (unpaired) electrons. The highest BCUT2D eigenvalue weighted by molar-refractivity contribution is 8.26. The van der Waals surface area contributed by atoms with Crippen LogP contribution >= 0.6 is 24.0 Å². The van der Waals surface area contributed by atoms with E-state index in [1.165, 1.54) is 16.2 Å². The van der Waals surface area contributed by atoms with Crippen LogP contribution in [0, 0.1) is 6.92 Å². The fourth-order valence-corrected chi connectivity index (χ4v) is 6.32. The van der Waals surface area contributed by atoms with Gasteiger partial charge in [0.2, 0.25) is 5.88 Å². The lowest BCUT2D eigenvalue weighted by Gasteiger charge is -2.16. The third kappa shape index (κ3) is 8.54. The van der Waals surface area contributed by atoms with Crippen molar-refractivity contribution in [3.05, 3.63) is 74.5 Å². The molecule has 1 saturated heterocycles. The van der Waals surface area contributed by atoms with Gasteiger partial charge >= 0.3 is 5.97 Å². The summed E-state index contributed by atoms with van der Waals surface area (Å²) in [4.78, 5) is 44.3. The van der Waals surface area contributed by atoms with Gasteiger partial charge in [-0.2, -0.15) is 4.98 Å². The molecule has 1 fully saturated rings. The second-order valence-electron chi connectivity index (χ2n) is 11.2. The molecule has 2 aromatic heterocycles. The van der Waals surface area contributed by atoms with Crippen molar-refractivity contribution in [2.75, 3.05) is 6.54 Å². The van der Waals surface area contributed by atoms with E-state index in [-0.39, 0.29) is 35.2 Å². The van der Waals surface area contributed by atoms with E-state index >= 15 is 0 Å². The Balaban J connectivity index is 1.47. The van der Waals surface area contributed by atoms with Gasteiger partial charge in [-0.25, -0.2) is 0 Å². The Morgan fingerprint density at radius 2 is 1.74 bits per heavy atom. The lowest BCUT2D eigenvalue weighted by molar-refractivity contribution is -0.137. The number of carbonyl (C=O) groups is 2. The molecule has 0 aliphatic carbocycles. The Morgan fingerprint density at radius 3 is 2.44 bits per heavy atom. The summed E-state index contributed by atoms with van der Waals surface area (Å²) in [6.07, 6.45) is 11.2. The molecule has 43 heavy (non-hydrogen) atoms. The Labute approximate surface area is 262 Å². The molecule has 1 aliphatic rings. The Kier molecular flexibility index (Phi) is 11.5. The molecule has 8 nitrogen and oxygen atoms in total. The van der Waals surface area contributed by atoms with Crippen molar-refractivity contribution < 1.29 is 19.4 Å². The number of aromatic nitrogens is 2. The number of thiocarbonyl (C=S) groups is 1. The summed E-state index contributed by atoms with van der Waals surface area (Å²) in [6.45, 7) is 6.67. The SMILES string of the molecule is Cc1ccc(C(C)C)c(Oc2nc3ccccn3c(=O)c2/C=C2/SC(=S)N(CCCCCCCCCCC(=O)O)C2=O)c1. The number of benzene rings is 1. The van der Waals surface area contributed by atoms with Crippen molar-refractivity contribution in [3.63, 3.8) is 0 Å². The van der Waals surface area contributed by atoms with Crippen LogP contribution in [0.25, 0.3) is 11.7 Å². The number of unbranched alkanes of at least 4 members (excludes halogenated alkanes) is 7. The van der Waals surface area contributed by atoms with E-state index < -0.39 is 5.97 Å². The van der Waals surface area contributed by atoms with E-state index in [4.69, 9.17) is 22.1 Å². The predicted molar refractivity (Wildman–Crippen MR) is 176 cm³/mol. The van der Waals surface area contributed by atoms with Gasteiger partial charge in [0.05, 0.1) is 4.91 Å². The summed E-state index contributed by atoms with van der Waals surface area (Å²) >= 11 is 6.75. The first-order valence-corrected chi connectivity index (χ1v) is 16.1. The summed E-state index contributed by atoms with van der Waals surface area (Å²) in [5, 5.41) is 8.72. The Bertz CT molecular complexity index is 1580. The predicted octanol–water partition coefficient (Wildman–Crippen LogP) is 7.72. The van der Waals surface area contributed by atoms with Gasteiger partial charge in [0.1, 0.15) is 21.3 Å². The number of hydrogen-bond donors (Lipinski definition) is 1. The topological polar surface area (TPSA) is 101 Å². The molecule has 3 aromatic rings. The number of thioether (sulfide) groups is 1. The third-order valence-corrected chi connectivity index (χ3v) is 8.78. The first-order chi connectivity index (χ1) is 20.7. The lowest BCUT2D eigenvalue weighted by atomic mass is 10.0. The van der Waals surface area contributed by atoms with E-state index in [9.17, 15) is 14.4 Å². The molecule has 3 heterocycles. The maximum atomic E-state index is 13.7. The minimum absolute atomic E-state index is 0.150. The van der Waals surface area contributed by atoms with Crippen LogP contribution in [0.3, 0.4) is 0 Å². The lowest BCUT2D eigenvalue weighted by Crippen LogP contribution is -2.29. The highest BCUT2D eigenvalue weighted by atomic mass is 32.2. The van der Waals surface area contributed by atoms with Crippen molar-refractivity contribution in [3.8, 4) is 11.6 Å². The average Bonchev–Trinajstić information content (AvgIpc) is 3.23. The van der Waals surface area contributed by atoms with Gasteiger partial charge in [0.25, 0.3) is 11.5 Å². The van der Waals surface area contributed by atoms with Gasteiger partial charge in [-0.15, -0.1) is 0 Å². The number of carbonyl (C=O) groups excluding carboxylic acids is 1. The zero-order chi connectivity index (χ0) is 30.9. The molecule has 0 atom stereocenters. The molecular formula is C33H39N3O5S2. The maximum absolute atomic E-state index is 13.7. The summed E-state index contributed by atoms with van der Waals surface area (Å²) in [6, 6.07) is 11.3. The molecule has 1 N–H and O–H groups in total. The number of fused-ring (bicyclic) bond motifs is 1. The minimum Gasteiger partial charge on any atom is -0.481 e. The van der Waals surface area contributed by atoms with Gasteiger partial charge in [0.15, 0.2) is 0 Å². The molecule has 228 valence electrons. The van der Waals surface area contributed by atoms with Crippen LogP contribution in [0.4, 0.5) is 0 Å². The molecule has 4 rings (SSSR count). The van der Waals surface area contributed by atoms with Gasteiger partial charge in [0, 0.05) is 19.2 Å². The van der Waals surface area contributed by atoms with E-state index in [1.54, 1.807) is 29.3 Å². The van der Waals surface area contributed by atoms with Crippen molar-refractivity contribution in [2.24, 2.45) is 0 Å². The Hall–Kier alpha value is -3.50. The normalized spacial score (nSPS) is 14.4. The molecule has 0 saturated carbocycles. The molecule has 1 aromatic carbocycles. The zero-order valence-corrected chi connectivity index (χ0v) is 26.6. The van der Waals surface area contributed by atoms with Crippen LogP contribution in [0.15, 0.2) is 52.3 Å². The number of carboxylic acid groups (broad SMARTS) is 1. The number of hydrogen-bond acceptors (Lipinski definition) is 7. The van der Waals surface area contributed by atoms with Gasteiger partial charge in [-0.3, -0.25) is 23.7 Å². The fraction of sp³-hybridized carbons (Fsp3) is 0.424. The third-order valence-electron chi connectivity index (χ3n) is 7.40. The zero-order valence-electron chi connectivity index (χ0n) is 25.0. The molecular weight excluding hydrogens is 583 g/mol. The van der Waals surface area contributed by atoms with Gasteiger partial charge in [-0.05, 0) is 61.1 Å². The number of aryl methyl sites for hydroxylation is 1. The van der Waals surface area contributed by atoms with Crippen LogP contribution in [-0.4, -0.2) is 42.1 Å². The number of nitrogens with zero attached hydrogens (tertiary/aromatic N) is 3. The average molecular weight is 622 g/mol. The number of rotatable bonds is 15. The van der Waals surface area contributed by atoms with E-state index in [1.807, 2.05) is 31.2 Å². The minimum atomic E-state index is -0.733. The molecule has 1 aliphatic heterocycles. The second-order valence-corrected chi connectivity index (χ2v) is 12.8. The monoisotopic (exact) mass is 621 g/mol. The Morgan fingerprint density at radius 1 is 1.05 bits per heavy atom. The summed E-state index contributed by atoms with van der Waals surface area (Å²) < 4.78 is 8.28. The van der Waals surface area contributed by atoms with Crippen molar-refractivity contribution >= 4 is 51.9 Å². The molecule has 0 unspecified atom stereocenters. The quantitative estimate of drug-likeness (QED) is 0.105. The molecule has 0 bridgehead atoms. The summed E-state index contributed by atoms with van der Waals surface area (Å²) in [5.41, 5.74) is 2.34. The van der Waals surface area contributed by atoms with Crippen LogP contribution < -0.4 is 10.3 Å². The van der Waals surface area contributed by atoms with E-state index in [0.29, 0.717) is 27.2 Å². The second kappa shape index (κ2) is 15.3. The summed E-state index contributed by atoms with van der Waals surface area (Å²) in [7, 11) is 0. The number of pyridine rings is 1. The number of carboxylic acids is 1. The molecule has 10 heteroatoms. The standard InChI is InChI=1S/C33H39N3O5S2/c1-22(2)24-17-16-23(3)20-26(24)41-30-25(31(39)35-18-13-11-14-28(35)34-30)21-27-32(40)36(33(42)43-27)19-12-9-7-5-4-6-8-10-15-29(37)38/h11,13-14,16-18,20-22H,4-10,12,15,19H2,1-3H3,(H,37,38)/b27-21+. The van der Waals surface area contributed by atoms with Crippen molar-refractivity contribution in [1.82, 2.24) is 14.3 Å². The maximum Gasteiger partial charge on any atom is 0.303 e. The van der Waals surface area contributed by atoms with Crippen LogP contribution in [0.5, 0.6) is 11.6 Å². The fourth-order valence-electron chi connectivity index (χ4n) is 5.03. The van der Waals surface area contributed by atoms with Gasteiger partial charge < -0.3 is 9.84 Å². The molecule has 0 spiro atoms. The highest BCUT2D eigenvalue weighted by Crippen LogP contribution is 2.36. The molecule has 1 amide bonds. The van der Waals surface area contributed by atoms with Gasteiger partial charge in [-0.1, -0.05) is 94.6 Å². The van der Waals surface area contributed by atoms with Crippen molar-refractivity contribution in [1.29, 1.82) is 0 Å². The van der Waals surface area contributed by atoms with Crippen LogP contribution in [0.1, 0.15) is 94.2 Å². The van der Waals surface area contributed by atoms with Crippen LogP contribution in [0.2, 0.25) is 0 Å². The highest BCUT2D eigenvalue weighted by Gasteiger charge is 2.32. The first-order valence-electron chi connectivity index (χ1n) is 14.9. The first kappa shape index (κ1) is 32.4. The number of aliphatic carboxylic acids is 1.